The van der Waals surface area contributed by atoms with Crippen LogP contribution in [-0.2, 0) is 21.5 Å². The lowest BCUT2D eigenvalue weighted by Gasteiger charge is -2.33. The number of piperidine rings is 1. The normalized spacial score (nSPS) is 18.6. The van der Waals surface area contributed by atoms with E-state index >= 15 is 0 Å². The van der Waals surface area contributed by atoms with E-state index in [4.69, 9.17) is 9.26 Å². The first-order chi connectivity index (χ1) is 19.1. The number of hydrogen-bond donors (Lipinski definition) is 0. The molecule has 0 spiro atoms. The van der Waals surface area contributed by atoms with Gasteiger partial charge < -0.3 is 9.26 Å². The van der Waals surface area contributed by atoms with Crippen molar-refractivity contribution in [3.8, 4) is 22.5 Å². The zero-order valence-electron chi connectivity index (χ0n) is 22.9. The van der Waals surface area contributed by atoms with Crippen molar-refractivity contribution in [1.82, 2.24) is 10.1 Å². The Labute approximate surface area is 230 Å². The molecule has 5 heteroatoms. The lowest BCUT2D eigenvalue weighted by atomic mass is 9.88. The standard InChI is InChI=1S/C34H36N2O3/c1-3-38-33(37)34(18-19-34)28-16-17-29(26-13-8-5-9-14-26)30(21-28)32-31(24(2)35-39-32)23-36-20-10-15-27(22-36)25-11-6-4-7-12-25/h4-9,11-14,16-17,21,27H,3,10,15,18-20,22-23H2,1-2H3. The third-order valence-electron chi connectivity index (χ3n) is 8.46. The summed E-state index contributed by atoms with van der Waals surface area (Å²) >= 11 is 0. The van der Waals surface area contributed by atoms with Gasteiger partial charge in [0, 0.05) is 24.2 Å². The van der Waals surface area contributed by atoms with Crippen LogP contribution >= 0.6 is 0 Å². The second-order valence-electron chi connectivity index (χ2n) is 11.0. The predicted octanol–water partition coefficient (Wildman–Crippen LogP) is 7.29. The van der Waals surface area contributed by atoms with Gasteiger partial charge in [-0.1, -0.05) is 78.0 Å². The molecule has 0 radical (unpaired) electrons. The Bertz CT molecular complexity index is 1440. The summed E-state index contributed by atoms with van der Waals surface area (Å²) in [5.74, 6) is 1.21. The highest BCUT2D eigenvalue weighted by molar-refractivity contribution is 5.89. The Balaban J connectivity index is 1.37. The number of ether oxygens (including phenoxy) is 1. The lowest BCUT2D eigenvalue weighted by molar-refractivity contribution is -0.146. The zero-order valence-corrected chi connectivity index (χ0v) is 22.9. The molecule has 0 N–H and O–H groups in total. The topological polar surface area (TPSA) is 55.6 Å². The quantitative estimate of drug-likeness (QED) is 0.228. The number of likely N-dealkylation sites (tertiary alicyclic amines) is 1. The van der Waals surface area contributed by atoms with Crippen molar-refractivity contribution < 1.29 is 14.1 Å². The molecule has 5 nitrogen and oxygen atoms in total. The molecular weight excluding hydrogens is 484 g/mol. The summed E-state index contributed by atoms with van der Waals surface area (Å²) in [4.78, 5) is 15.5. The van der Waals surface area contributed by atoms with Crippen LogP contribution in [0.3, 0.4) is 0 Å². The van der Waals surface area contributed by atoms with Gasteiger partial charge in [-0.05, 0) is 80.3 Å². The molecule has 2 aliphatic rings. The van der Waals surface area contributed by atoms with Gasteiger partial charge in [0.05, 0.1) is 17.7 Å². The van der Waals surface area contributed by atoms with E-state index in [9.17, 15) is 4.79 Å². The summed E-state index contributed by atoms with van der Waals surface area (Å²) in [6, 6.07) is 27.6. The van der Waals surface area contributed by atoms with Crippen molar-refractivity contribution in [3.05, 3.63) is 101 Å². The van der Waals surface area contributed by atoms with Crippen LogP contribution in [0.4, 0.5) is 0 Å². The minimum Gasteiger partial charge on any atom is -0.465 e. The largest absolute Gasteiger partial charge is 0.465 e. The van der Waals surface area contributed by atoms with Crippen molar-refractivity contribution >= 4 is 5.97 Å². The Kier molecular flexibility index (Phi) is 7.09. The van der Waals surface area contributed by atoms with Crippen LogP contribution in [0.1, 0.15) is 60.9 Å². The van der Waals surface area contributed by atoms with Gasteiger partial charge in [0.2, 0.25) is 0 Å². The van der Waals surface area contributed by atoms with E-state index in [1.807, 2.05) is 19.9 Å². The van der Waals surface area contributed by atoms with Crippen LogP contribution in [0.2, 0.25) is 0 Å². The van der Waals surface area contributed by atoms with Gasteiger partial charge in [-0.25, -0.2) is 0 Å². The summed E-state index contributed by atoms with van der Waals surface area (Å²) in [7, 11) is 0. The van der Waals surface area contributed by atoms with Crippen molar-refractivity contribution in [3.63, 3.8) is 0 Å². The summed E-state index contributed by atoms with van der Waals surface area (Å²) in [6.07, 6.45) is 4.01. The smallest absolute Gasteiger partial charge is 0.316 e. The number of rotatable bonds is 8. The average Bonchev–Trinajstić information content (AvgIpc) is 3.73. The van der Waals surface area contributed by atoms with Gasteiger partial charge in [0.25, 0.3) is 0 Å². The molecule has 2 heterocycles. The van der Waals surface area contributed by atoms with E-state index in [0.29, 0.717) is 12.5 Å². The van der Waals surface area contributed by atoms with E-state index in [1.165, 1.54) is 18.4 Å². The van der Waals surface area contributed by atoms with E-state index in [2.05, 4.69) is 82.9 Å². The second kappa shape index (κ2) is 10.8. The summed E-state index contributed by atoms with van der Waals surface area (Å²) in [5, 5.41) is 4.45. The first kappa shape index (κ1) is 25.6. The molecule has 1 aliphatic heterocycles. The summed E-state index contributed by atoms with van der Waals surface area (Å²) in [5.41, 5.74) is 7.09. The number of carbonyl (C=O) groups excluding carboxylic acids is 1. The van der Waals surface area contributed by atoms with Crippen LogP contribution in [0.15, 0.2) is 83.4 Å². The molecule has 6 rings (SSSR count). The van der Waals surface area contributed by atoms with Crippen LogP contribution in [0, 0.1) is 6.92 Å². The maximum atomic E-state index is 12.9. The van der Waals surface area contributed by atoms with Crippen LogP contribution in [0.5, 0.6) is 0 Å². The van der Waals surface area contributed by atoms with E-state index < -0.39 is 5.41 Å². The van der Waals surface area contributed by atoms with Crippen molar-refractivity contribution in [2.45, 2.75) is 57.4 Å². The fourth-order valence-corrected chi connectivity index (χ4v) is 6.11. The molecule has 1 saturated heterocycles. The number of benzene rings is 3. The number of carbonyl (C=O) groups is 1. The highest BCUT2D eigenvalue weighted by atomic mass is 16.5. The minimum absolute atomic E-state index is 0.127. The lowest BCUT2D eigenvalue weighted by Crippen LogP contribution is -2.34. The van der Waals surface area contributed by atoms with Crippen LogP contribution in [-0.4, -0.2) is 35.7 Å². The average molecular weight is 521 g/mol. The SMILES string of the molecule is CCOC(=O)C1(c2ccc(-c3ccccc3)c(-c3onc(C)c3CN3CCCC(c4ccccc4)C3)c2)CC1. The number of hydrogen-bond acceptors (Lipinski definition) is 5. The number of aromatic nitrogens is 1. The van der Waals surface area contributed by atoms with Crippen LogP contribution in [0.25, 0.3) is 22.5 Å². The first-order valence-electron chi connectivity index (χ1n) is 14.2. The number of aryl methyl sites for hydroxylation is 1. The molecule has 0 amide bonds. The molecule has 200 valence electrons. The number of nitrogens with zero attached hydrogens (tertiary/aromatic N) is 2. The third-order valence-corrected chi connectivity index (χ3v) is 8.46. The molecule has 1 atom stereocenters. The molecule has 4 aromatic rings. The highest BCUT2D eigenvalue weighted by Gasteiger charge is 2.53. The third kappa shape index (κ3) is 5.04. The monoisotopic (exact) mass is 520 g/mol. The first-order valence-corrected chi connectivity index (χ1v) is 14.2. The molecule has 1 aliphatic carbocycles. The Morgan fingerprint density at radius 3 is 2.49 bits per heavy atom. The molecule has 39 heavy (non-hydrogen) atoms. The van der Waals surface area contributed by atoms with Gasteiger partial charge in [0.1, 0.15) is 0 Å². The van der Waals surface area contributed by atoms with Gasteiger partial charge in [-0.3, -0.25) is 9.69 Å². The summed E-state index contributed by atoms with van der Waals surface area (Å²) in [6.45, 7) is 7.16. The highest BCUT2D eigenvalue weighted by Crippen LogP contribution is 2.51. The molecule has 3 aromatic carbocycles. The van der Waals surface area contributed by atoms with E-state index in [-0.39, 0.29) is 5.97 Å². The second-order valence-corrected chi connectivity index (χ2v) is 11.0. The fraction of sp³-hybridized carbons (Fsp3) is 0.353. The zero-order chi connectivity index (χ0) is 26.8. The minimum atomic E-state index is -0.551. The molecule has 1 unspecified atom stereocenters. The van der Waals surface area contributed by atoms with E-state index in [1.54, 1.807) is 0 Å². The van der Waals surface area contributed by atoms with Gasteiger partial charge >= 0.3 is 5.97 Å². The maximum absolute atomic E-state index is 12.9. The number of esters is 1. The van der Waals surface area contributed by atoms with Crippen molar-refractivity contribution in [1.29, 1.82) is 0 Å². The molecule has 0 bridgehead atoms. The Hall–Kier alpha value is -3.70. The Morgan fingerprint density at radius 1 is 1.03 bits per heavy atom. The van der Waals surface area contributed by atoms with Gasteiger partial charge in [-0.15, -0.1) is 0 Å². The van der Waals surface area contributed by atoms with Gasteiger partial charge in [-0.2, -0.15) is 0 Å². The molecule has 2 fully saturated rings. The fourth-order valence-electron chi connectivity index (χ4n) is 6.11. The maximum Gasteiger partial charge on any atom is 0.316 e. The molecular formula is C34H36N2O3. The van der Waals surface area contributed by atoms with Crippen molar-refractivity contribution in [2.24, 2.45) is 0 Å². The van der Waals surface area contributed by atoms with Crippen LogP contribution < -0.4 is 0 Å². The van der Waals surface area contributed by atoms with Gasteiger partial charge in [0.15, 0.2) is 5.76 Å². The summed E-state index contributed by atoms with van der Waals surface area (Å²) < 4.78 is 11.6. The van der Waals surface area contributed by atoms with E-state index in [0.717, 1.165) is 71.7 Å². The molecule has 1 aromatic heterocycles. The Morgan fingerprint density at radius 2 is 1.77 bits per heavy atom. The van der Waals surface area contributed by atoms with Crippen molar-refractivity contribution in [2.75, 3.05) is 19.7 Å². The predicted molar refractivity (Wildman–Crippen MR) is 153 cm³/mol. The molecule has 1 saturated carbocycles.